The number of carbonyl (C=O) groups is 2. The van der Waals surface area contributed by atoms with Crippen molar-refractivity contribution in [1.29, 1.82) is 0 Å². The SMILES string of the molecule is CC(C)C1NC(=O)CCN(c2cc(Cl)c(F)c(Cl)c2)C1=O. The van der Waals surface area contributed by atoms with E-state index in [1.165, 1.54) is 17.0 Å². The van der Waals surface area contributed by atoms with Gasteiger partial charge in [0.2, 0.25) is 11.8 Å². The maximum Gasteiger partial charge on any atom is 0.249 e. The molecule has 1 fully saturated rings. The maximum atomic E-state index is 13.5. The van der Waals surface area contributed by atoms with E-state index in [9.17, 15) is 14.0 Å². The van der Waals surface area contributed by atoms with Crippen LogP contribution in [0.5, 0.6) is 0 Å². The third-order valence-electron chi connectivity index (χ3n) is 3.36. The summed E-state index contributed by atoms with van der Waals surface area (Å²) in [5, 5.41) is 2.38. The lowest BCUT2D eigenvalue weighted by Gasteiger charge is -2.26. The van der Waals surface area contributed by atoms with Crippen LogP contribution in [0.15, 0.2) is 12.1 Å². The molecule has 0 bridgehead atoms. The topological polar surface area (TPSA) is 49.4 Å². The number of hydrogen-bond donors (Lipinski definition) is 1. The average molecular weight is 333 g/mol. The van der Waals surface area contributed by atoms with E-state index in [4.69, 9.17) is 23.2 Å². The Kier molecular flexibility index (Phi) is 4.74. The lowest BCUT2D eigenvalue weighted by Crippen LogP contribution is -2.47. The smallest absolute Gasteiger partial charge is 0.249 e. The first-order valence-corrected chi connectivity index (χ1v) is 7.32. The molecule has 1 aliphatic heterocycles. The minimum atomic E-state index is -0.723. The van der Waals surface area contributed by atoms with E-state index in [2.05, 4.69) is 5.32 Å². The predicted molar refractivity (Wildman–Crippen MR) is 80.2 cm³/mol. The summed E-state index contributed by atoms with van der Waals surface area (Å²) < 4.78 is 13.5. The summed E-state index contributed by atoms with van der Waals surface area (Å²) in [4.78, 5) is 25.7. The molecule has 4 nitrogen and oxygen atoms in total. The number of anilines is 1. The van der Waals surface area contributed by atoms with Crippen molar-refractivity contribution in [3.63, 3.8) is 0 Å². The van der Waals surface area contributed by atoms with Crippen molar-refractivity contribution >= 4 is 40.7 Å². The molecule has 7 heteroatoms. The molecule has 0 aromatic heterocycles. The van der Waals surface area contributed by atoms with E-state index in [1.54, 1.807) is 0 Å². The normalized spacial score (nSPS) is 19.7. The molecule has 0 radical (unpaired) electrons. The number of nitrogens with zero attached hydrogens (tertiary/aromatic N) is 1. The van der Waals surface area contributed by atoms with Crippen molar-refractivity contribution in [3.8, 4) is 0 Å². The largest absolute Gasteiger partial charge is 0.344 e. The highest BCUT2D eigenvalue weighted by atomic mass is 35.5. The van der Waals surface area contributed by atoms with Crippen molar-refractivity contribution in [2.75, 3.05) is 11.4 Å². The summed E-state index contributed by atoms with van der Waals surface area (Å²) in [7, 11) is 0. The highest BCUT2D eigenvalue weighted by Crippen LogP contribution is 2.30. The monoisotopic (exact) mass is 332 g/mol. The van der Waals surface area contributed by atoms with Crippen molar-refractivity contribution in [2.45, 2.75) is 26.3 Å². The van der Waals surface area contributed by atoms with E-state index < -0.39 is 11.9 Å². The lowest BCUT2D eigenvalue weighted by molar-refractivity contribution is -0.126. The summed E-state index contributed by atoms with van der Waals surface area (Å²) in [5.41, 5.74) is 0.388. The Bertz CT molecular complexity index is 569. The molecule has 0 saturated carbocycles. The van der Waals surface area contributed by atoms with Gasteiger partial charge in [0.05, 0.1) is 10.0 Å². The molecule has 0 aliphatic carbocycles. The number of benzene rings is 1. The molecule has 1 unspecified atom stereocenters. The van der Waals surface area contributed by atoms with Crippen LogP contribution in [0.2, 0.25) is 10.0 Å². The minimum absolute atomic E-state index is 0.0616. The van der Waals surface area contributed by atoms with E-state index in [1.807, 2.05) is 13.8 Å². The maximum absolute atomic E-state index is 13.5. The van der Waals surface area contributed by atoms with Gasteiger partial charge in [-0.25, -0.2) is 4.39 Å². The number of halogens is 3. The number of carbonyl (C=O) groups excluding carboxylic acids is 2. The molecule has 2 amide bonds. The molecule has 2 rings (SSSR count). The van der Waals surface area contributed by atoms with E-state index >= 15 is 0 Å². The quantitative estimate of drug-likeness (QED) is 0.846. The summed E-state index contributed by atoms with van der Waals surface area (Å²) in [6, 6.07) is 2.06. The Morgan fingerprint density at radius 3 is 2.38 bits per heavy atom. The number of nitrogens with one attached hydrogen (secondary N) is 1. The average Bonchev–Trinajstić information content (AvgIpc) is 2.55. The molecule has 1 aliphatic rings. The fourth-order valence-corrected chi connectivity index (χ4v) is 2.68. The first-order chi connectivity index (χ1) is 9.81. The van der Waals surface area contributed by atoms with E-state index in [0.717, 1.165) is 0 Å². The van der Waals surface area contributed by atoms with E-state index in [-0.39, 0.29) is 40.7 Å². The summed E-state index contributed by atoms with van der Waals surface area (Å²) >= 11 is 11.5. The highest BCUT2D eigenvalue weighted by molar-refractivity contribution is 6.35. The lowest BCUT2D eigenvalue weighted by atomic mass is 10.0. The van der Waals surface area contributed by atoms with Crippen molar-refractivity contribution in [1.82, 2.24) is 5.32 Å². The van der Waals surface area contributed by atoms with Crippen molar-refractivity contribution in [2.24, 2.45) is 5.92 Å². The third-order valence-corrected chi connectivity index (χ3v) is 3.91. The zero-order valence-electron chi connectivity index (χ0n) is 11.6. The second-order valence-electron chi connectivity index (χ2n) is 5.25. The fraction of sp³-hybridized carbons (Fsp3) is 0.429. The van der Waals surface area contributed by atoms with Crippen LogP contribution in [0, 0.1) is 11.7 Å². The molecule has 1 aromatic rings. The Morgan fingerprint density at radius 2 is 1.86 bits per heavy atom. The zero-order chi connectivity index (χ0) is 15.7. The Labute approximate surface area is 132 Å². The summed E-state index contributed by atoms with van der Waals surface area (Å²) in [6.45, 7) is 3.89. The molecule has 1 aromatic carbocycles. The second kappa shape index (κ2) is 6.20. The molecular formula is C14H15Cl2FN2O2. The molecule has 1 atom stereocenters. The molecule has 1 N–H and O–H groups in total. The van der Waals surface area contributed by atoms with Crippen molar-refractivity contribution < 1.29 is 14.0 Å². The summed E-state index contributed by atoms with van der Waals surface area (Å²) in [5.74, 6) is -1.23. The van der Waals surface area contributed by atoms with Crippen LogP contribution < -0.4 is 10.2 Å². The molecule has 114 valence electrons. The number of hydrogen-bond acceptors (Lipinski definition) is 2. The van der Waals surface area contributed by atoms with Gasteiger partial charge < -0.3 is 10.2 Å². The van der Waals surface area contributed by atoms with Gasteiger partial charge in [0, 0.05) is 18.7 Å². The fourth-order valence-electron chi connectivity index (χ4n) is 2.20. The number of amides is 2. The van der Waals surface area contributed by atoms with Gasteiger partial charge in [-0.1, -0.05) is 37.0 Å². The van der Waals surface area contributed by atoms with Crippen LogP contribution in [0.4, 0.5) is 10.1 Å². The van der Waals surface area contributed by atoms with Crippen LogP contribution in [0.25, 0.3) is 0 Å². The van der Waals surface area contributed by atoms with Gasteiger partial charge in [0.15, 0.2) is 5.82 Å². The van der Waals surface area contributed by atoms with Gasteiger partial charge in [-0.15, -0.1) is 0 Å². The second-order valence-corrected chi connectivity index (χ2v) is 6.07. The summed E-state index contributed by atoms with van der Waals surface area (Å²) in [6.07, 6.45) is 0.168. The number of rotatable bonds is 2. The zero-order valence-corrected chi connectivity index (χ0v) is 13.1. The van der Waals surface area contributed by atoms with Crippen LogP contribution in [0.1, 0.15) is 20.3 Å². The van der Waals surface area contributed by atoms with Gasteiger partial charge in [0.1, 0.15) is 6.04 Å². The Hall–Kier alpha value is -1.33. The highest BCUT2D eigenvalue weighted by Gasteiger charge is 2.33. The first kappa shape index (κ1) is 16.0. The van der Waals surface area contributed by atoms with E-state index in [0.29, 0.717) is 5.69 Å². The van der Waals surface area contributed by atoms with Gasteiger partial charge in [-0.2, -0.15) is 0 Å². The standard InChI is InChI=1S/C14H15Cl2FN2O2/c1-7(2)13-14(21)19(4-3-11(20)18-13)8-5-9(15)12(17)10(16)6-8/h5-7,13H,3-4H2,1-2H3,(H,18,20). The molecule has 21 heavy (non-hydrogen) atoms. The molecule has 1 heterocycles. The molecular weight excluding hydrogens is 318 g/mol. The van der Waals surface area contributed by atoms with Crippen LogP contribution >= 0.6 is 23.2 Å². The Balaban J connectivity index is 2.41. The minimum Gasteiger partial charge on any atom is -0.344 e. The predicted octanol–water partition coefficient (Wildman–Crippen LogP) is 3.01. The van der Waals surface area contributed by atoms with Crippen LogP contribution in [-0.4, -0.2) is 24.4 Å². The van der Waals surface area contributed by atoms with Gasteiger partial charge in [0.25, 0.3) is 0 Å². The van der Waals surface area contributed by atoms with Crippen LogP contribution in [-0.2, 0) is 9.59 Å². The van der Waals surface area contributed by atoms with Gasteiger partial charge in [-0.3, -0.25) is 9.59 Å². The third kappa shape index (κ3) is 3.30. The molecule has 0 spiro atoms. The van der Waals surface area contributed by atoms with Crippen LogP contribution in [0.3, 0.4) is 0 Å². The van der Waals surface area contributed by atoms with Gasteiger partial charge >= 0.3 is 0 Å². The van der Waals surface area contributed by atoms with Gasteiger partial charge in [-0.05, 0) is 18.1 Å². The first-order valence-electron chi connectivity index (χ1n) is 6.56. The van der Waals surface area contributed by atoms with Crippen molar-refractivity contribution in [3.05, 3.63) is 28.0 Å². The Morgan fingerprint density at radius 1 is 1.29 bits per heavy atom. The molecule has 1 saturated heterocycles.